The van der Waals surface area contributed by atoms with E-state index in [9.17, 15) is 29.2 Å². The molecule has 12 heteroatoms. The van der Waals surface area contributed by atoms with Gasteiger partial charge in [0, 0.05) is 31.1 Å². The van der Waals surface area contributed by atoms with Crippen LogP contribution in [0.5, 0.6) is 0 Å². The maximum Gasteiger partial charge on any atom is 0.469 e. The van der Waals surface area contributed by atoms with Gasteiger partial charge in [-0.15, -0.1) is 0 Å². The number of unbranched alkanes of at least 4 members (excludes halogenated alkanes) is 12. The largest absolute Gasteiger partial charge is 0.469 e. The van der Waals surface area contributed by atoms with Gasteiger partial charge < -0.3 is 29.5 Å². The molecule has 0 bridgehead atoms. The number of ketones is 1. The van der Waals surface area contributed by atoms with Gasteiger partial charge >= 0.3 is 19.8 Å². The van der Waals surface area contributed by atoms with Gasteiger partial charge in [0.1, 0.15) is 12.4 Å². The number of esters is 2. The average Bonchev–Trinajstić information content (AvgIpc) is 3.30. The quantitative estimate of drug-likeness (QED) is 0.0272. The SMILES string of the molecule is CCCCCCCCCCCCC(=O)O[C@H](COC(=O)CCC/C=C\C[C@H]1C(=O)C[C@@H](O)[C@@H]1/C=C/[C@@H](O)CCCCC)COP(=O)(O)O. The zero-order chi connectivity index (χ0) is 35.6. The van der Waals surface area contributed by atoms with Crippen molar-refractivity contribution in [3.05, 3.63) is 24.3 Å². The Bertz CT molecular complexity index is 992. The number of carbonyl (C=O) groups is 3. The van der Waals surface area contributed by atoms with Crippen LogP contribution in [0.1, 0.15) is 142 Å². The minimum absolute atomic E-state index is 0.00710. The van der Waals surface area contributed by atoms with Crippen molar-refractivity contribution >= 4 is 25.5 Å². The van der Waals surface area contributed by atoms with Crippen molar-refractivity contribution < 1.29 is 52.9 Å². The number of hydrogen-bond donors (Lipinski definition) is 4. The first-order valence-corrected chi connectivity index (χ1v) is 19.8. The highest BCUT2D eigenvalue weighted by molar-refractivity contribution is 7.46. The molecular weight excluding hydrogens is 639 g/mol. The van der Waals surface area contributed by atoms with Crippen LogP contribution in [0.25, 0.3) is 0 Å². The van der Waals surface area contributed by atoms with Gasteiger partial charge in [0.2, 0.25) is 0 Å². The van der Waals surface area contributed by atoms with E-state index in [4.69, 9.17) is 19.3 Å². The van der Waals surface area contributed by atoms with E-state index < -0.39 is 44.7 Å². The van der Waals surface area contributed by atoms with Gasteiger partial charge in [-0.1, -0.05) is 115 Å². The third-order valence-electron chi connectivity index (χ3n) is 8.59. The summed E-state index contributed by atoms with van der Waals surface area (Å²) in [6, 6.07) is 0. The molecule has 0 radical (unpaired) electrons. The second-order valence-corrected chi connectivity index (χ2v) is 14.2. The highest BCUT2D eigenvalue weighted by atomic mass is 31.2. The summed E-state index contributed by atoms with van der Waals surface area (Å²) in [5.41, 5.74) is 0. The van der Waals surface area contributed by atoms with Crippen LogP contribution in [0.15, 0.2) is 24.3 Å². The molecule has 1 saturated carbocycles. The number of phosphoric acid groups is 1. The summed E-state index contributed by atoms with van der Waals surface area (Å²) in [7, 11) is -4.81. The standard InChI is InChI=1S/C36H63O11P/c1-3-5-7-8-9-10-11-12-13-19-23-36(41)47-30(28-46-48(42,43)44)27-45-35(40)22-18-15-14-17-21-31-32(34(39)26-33(31)38)25-24-29(37)20-16-6-4-2/h14,17,24-25,29-32,34,37,39H,3-13,15-16,18-23,26-28H2,1-2H3,(H2,42,43,44)/b17-14-,25-24+/t29-,30+,31+,32+,34+/m0/s1. The number of aliphatic hydroxyl groups excluding tert-OH is 2. The van der Waals surface area contributed by atoms with Crippen LogP contribution >= 0.6 is 7.82 Å². The van der Waals surface area contributed by atoms with Gasteiger partial charge in [-0.25, -0.2) is 4.57 Å². The zero-order valence-corrected chi connectivity index (χ0v) is 30.2. The van der Waals surface area contributed by atoms with E-state index in [2.05, 4.69) is 18.4 Å². The normalized spacial score (nSPS) is 19.7. The van der Waals surface area contributed by atoms with Crippen LogP contribution in [0.4, 0.5) is 0 Å². The number of allylic oxidation sites excluding steroid dienone is 2. The highest BCUT2D eigenvalue weighted by Crippen LogP contribution is 2.36. The predicted octanol–water partition coefficient (Wildman–Crippen LogP) is 7.04. The zero-order valence-electron chi connectivity index (χ0n) is 29.3. The molecule has 0 heterocycles. The number of rotatable bonds is 29. The van der Waals surface area contributed by atoms with Gasteiger partial charge in [-0.05, 0) is 32.1 Å². The van der Waals surface area contributed by atoms with Gasteiger partial charge in [0.25, 0.3) is 0 Å². The van der Waals surface area contributed by atoms with Crippen molar-refractivity contribution in [3.8, 4) is 0 Å². The van der Waals surface area contributed by atoms with E-state index in [1.54, 1.807) is 12.2 Å². The third kappa shape index (κ3) is 22.7. The van der Waals surface area contributed by atoms with Crippen LogP contribution in [-0.4, -0.2) is 69.2 Å². The Hall–Kier alpha value is -1.88. The topological polar surface area (TPSA) is 177 Å². The van der Waals surface area contributed by atoms with E-state index in [1.165, 1.54) is 38.5 Å². The van der Waals surface area contributed by atoms with E-state index in [1.807, 2.05) is 12.2 Å². The number of phosphoric ester groups is 1. The number of ether oxygens (including phenoxy) is 2. The molecule has 48 heavy (non-hydrogen) atoms. The molecule has 5 atom stereocenters. The summed E-state index contributed by atoms with van der Waals surface area (Å²) in [4.78, 5) is 55.2. The molecule has 1 fully saturated rings. The van der Waals surface area contributed by atoms with Crippen molar-refractivity contribution in [2.24, 2.45) is 11.8 Å². The Morgan fingerprint density at radius 1 is 0.854 bits per heavy atom. The van der Waals surface area contributed by atoms with Crippen LogP contribution in [0.3, 0.4) is 0 Å². The number of hydrogen-bond acceptors (Lipinski definition) is 9. The molecule has 0 saturated heterocycles. The molecule has 278 valence electrons. The second kappa shape index (κ2) is 26.9. The molecule has 0 aromatic heterocycles. The number of aliphatic hydroxyl groups is 2. The molecule has 4 N–H and O–H groups in total. The van der Waals surface area contributed by atoms with E-state index in [-0.39, 0.29) is 43.5 Å². The second-order valence-electron chi connectivity index (χ2n) is 13.0. The van der Waals surface area contributed by atoms with Crippen LogP contribution in [0, 0.1) is 11.8 Å². The highest BCUT2D eigenvalue weighted by Gasteiger charge is 2.39. The van der Waals surface area contributed by atoms with E-state index >= 15 is 0 Å². The molecule has 1 rings (SSSR count). The number of Topliss-reactive ketones (excluding diaryl/α,β-unsaturated/α-hetero) is 1. The first kappa shape index (κ1) is 44.1. The molecule has 11 nitrogen and oxygen atoms in total. The minimum atomic E-state index is -4.81. The summed E-state index contributed by atoms with van der Waals surface area (Å²) in [6.45, 7) is 3.31. The number of carbonyl (C=O) groups excluding carboxylic acids is 3. The van der Waals surface area contributed by atoms with Gasteiger partial charge in [0.05, 0.1) is 18.8 Å². The Balaban J connectivity index is 2.38. The van der Waals surface area contributed by atoms with Gasteiger partial charge in [-0.2, -0.15) is 0 Å². The molecule has 0 amide bonds. The Labute approximate surface area is 288 Å². The molecule has 1 aliphatic rings. The first-order valence-electron chi connectivity index (χ1n) is 18.2. The van der Waals surface area contributed by atoms with Gasteiger partial charge in [-0.3, -0.25) is 18.9 Å². The molecule has 0 aromatic carbocycles. The fourth-order valence-electron chi connectivity index (χ4n) is 5.76. The molecule has 0 spiro atoms. The predicted molar refractivity (Wildman–Crippen MR) is 185 cm³/mol. The fraction of sp³-hybridized carbons (Fsp3) is 0.806. The lowest BCUT2D eigenvalue weighted by atomic mass is 9.90. The summed E-state index contributed by atoms with van der Waals surface area (Å²) in [6.07, 6.45) is 21.4. The molecule has 0 unspecified atom stereocenters. The molecule has 0 aliphatic heterocycles. The Kier molecular flexibility index (Phi) is 24.8. The molecular formula is C36H63O11P. The summed E-state index contributed by atoms with van der Waals surface area (Å²) >= 11 is 0. The van der Waals surface area contributed by atoms with Crippen molar-refractivity contribution in [2.75, 3.05) is 13.2 Å². The van der Waals surface area contributed by atoms with Crippen LogP contribution < -0.4 is 0 Å². The maximum atomic E-state index is 12.5. The van der Waals surface area contributed by atoms with E-state index in [0.717, 1.165) is 38.5 Å². The van der Waals surface area contributed by atoms with Crippen LogP contribution in [0.2, 0.25) is 0 Å². The minimum Gasteiger partial charge on any atom is -0.462 e. The fourth-order valence-corrected chi connectivity index (χ4v) is 6.13. The lowest BCUT2D eigenvalue weighted by molar-refractivity contribution is -0.161. The van der Waals surface area contributed by atoms with Gasteiger partial charge in [0.15, 0.2) is 6.10 Å². The summed E-state index contributed by atoms with van der Waals surface area (Å²) in [5.74, 6) is -1.80. The molecule has 0 aromatic rings. The van der Waals surface area contributed by atoms with Crippen LogP contribution in [-0.2, 0) is 32.9 Å². The smallest absolute Gasteiger partial charge is 0.462 e. The van der Waals surface area contributed by atoms with Crippen molar-refractivity contribution in [1.29, 1.82) is 0 Å². The Morgan fingerprint density at radius 2 is 1.46 bits per heavy atom. The monoisotopic (exact) mass is 702 g/mol. The Morgan fingerprint density at radius 3 is 2.10 bits per heavy atom. The first-order chi connectivity index (χ1) is 23.0. The lowest BCUT2D eigenvalue weighted by Gasteiger charge is -2.18. The third-order valence-corrected chi connectivity index (χ3v) is 9.08. The van der Waals surface area contributed by atoms with Crippen molar-refractivity contribution in [1.82, 2.24) is 0 Å². The maximum absolute atomic E-state index is 12.5. The molecule has 1 aliphatic carbocycles. The summed E-state index contributed by atoms with van der Waals surface area (Å²) in [5, 5.41) is 20.5. The van der Waals surface area contributed by atoms with E-state index in [0.29, 0.717) is 32.1 Å². The lowest BCUT2D eigenvalue weighted by Crippen LogP contribution is -2.29. The average molecular weight is 703 g/mol. The summed E-state index contributed by atoms with van der Waals surface area (Å²) < 4.78 is 26.2. The van der Waals surface area contributed by atoms with Crippen molar-refractivity contribution in [2.45, 2.75) is 161 Å². The van der Waals surface area contributed by atoms with Crippen molar-refractivity contribution in [3.63, 3.8) is 0 Å².